The molecule has 21 heavy (non-hydrogen) atoms. The Kier molecular flexibility index (Phi) is 4.14. The van der Waals surface area contributed by atoms with Crippen molar-refractivity contribution in [1.82, 2.24) is 9.55 Å². The van der Waals surface area contributed by atoms with Crippen LogP contribution in [0.5, 0.6) is 0 Å². The first-order chi connectivity index (χ1) is 10.2. The number of alkyl halides is 1. The van der Waals surface area contributed by atoms with E-state index in [1.54, 1.807) is 0 Å². The molecular weight excluding hydrogens is 302 g/mol. The zero-order chi connectivity index (χ0) is 15.0. The number of benzene rings is 1. The quantitative estimate of drug-likeness (QED) is 0.772. The van der Waals surface area contributed by atoms with Crippen molar-refractivity contribution in [1.29, 1.82) is 5.26 Å². The lowest BCUT2D eigenvalue weighted by Gasteiger charge is -2.23. The molecule has 1 aromatic carbocycles. The second kappa shape index (κ2) is 5.90. The fourth-order valence-corrected chi connectivity index (χ4v) is 4.46. The van der Waals surface area contributed by atoms with Gasteiger partial charge in [-0.1, -0.05) is 12.5 Å². The number of thioether (sulfide) groups is 1. The van der Waals surface area contributed by atoms with Gasteiger partial charge in [-0.3, -0.25) is 0 Å². The van der Waals surface area contributed by atoms with Gasteiger partial charge in [0.15, 0.2) is 0 Å². The van der Waals surface area contributed by atoms with Crippen LogP contribution >= 0.6 is 23.4 Å². The molecule has 3 nitrogen and oxygen atoms in total. The molecule has 0 spiro atoms. The molecule has 3 unspecified atom stereocenters. The first kappa shape index (κ1) is 14.7. The Hall–Kier alpha value is -1.18. The highest BCUT2D eigenvalue weighted by molar-refractivity contribution is 7.99. The van der Waals surface area contributed by atoms with Gasteiger partial charge in [-0.2, -0.15) is 17.0 Å². The van der Waals surface area contributed by atoms with E-state index in [1.807, 2.05) is 30.8 Å². The zero-order valence-electron chi connectivity index (χ0n) is 12.2. The molecule has 0 aliphatic heterocycles. The molecule has 0 saturated heterocycles. The van der Waals surface area contributed by atoms with Gasteiger partial charge >= 0.3 is 0 Å². The van der Waals surface area contributed by atoms with Crippen LogP contribution in [0.3, 0.4) is 0 Å². The topological polar surface area (TPSA) is 41.6 Å². The van der Waals surface area contributed by atoms with E-state index >= 15 is 0 Å². The lowest BCUT2D eigenvalue weighted by Crippen LogP contribution is -2.18. The Balaban J connectivity index is 2.24. The summed E-state index contributed by atoms with van der Waals surface area (Å²) >= 11 is 8.29. The maximum absolute atomic E-state index is 9.30. The molecule has 1 heterocycles. The average molecular weight is 320 g/mol. The van der Waals surface area contributed by atoms with Crippen LogP contribution < -0.4 is 0 Å². The molecule has 1 aromatic heterocycles. The van der Waals surface area contributed by atoms with Crippen molar-refractivity contribution >= 4 is 34.4 Å². The smallest absolute Gasteiger partial charge is 0.128 e. The van der Waals surface area contributed by atoms with Gasteiger partial charge < -0.3 is 4.57 Å². The van der Waals surface area contributed by atoms with Crippen LogP contribution in [-0.4, -0.2) is 21.1 Å². The summed E-state index contributed by atoms with van der Waals surface area (Å²) in [5.41, 5.74) is 2.46. The Bertz CT molecular complexity index is 701. The first-order valence-electron chi connectivity index (χ1n) is 7.25. The van der Waals surface area contributed by atoms with Crippen LogP contribution in [0, 0.1) is 11.3 Å². The zero-order valence-corrected chi connectivity index (χ0v) is 13.8. The van der Waals surface area contributed by atoms with Gasteiger partial charge in [-0.05, 0) is 38.2 Å². The van der Waals surface area contributed by atoms with E-state index in [1.165, 1.54) is 12.8 Å². The molecule has 1 aliphatic rings. The fourth-order valence-electron chi connectivity index (χ4n) is 3.33. The Morgan fingerprint density at radius 1 is 1.48 bits per heavy atom. The summed E-state index contributed by atoms with van der Waals surface area (Å²) in [7, 11) is 0. The van der Waals surface area contributed by atoms with E-state index in [9.17, 15) is 5.26 Å². The van der Waals surface area contributed by atoms with E-state index < -0.39 is 0 Å². The van der Waals surface area contributed by atoms with E-state index in [-0.39, 0.29) is 5.38 Å². The number of fused-ring (bicyclic) bond motifs is 1. The van der Waals surface area contributed by atoms with E-state index in [0.29, 0.717) is 16.9 Å². The van der Waals surface area contributed by atoms with Gasteiger partial charge in [0.05, 0.1) is 16.5 Å². The number of hydrogen-bond donors (Lipinski definition) is 0. The predicted octanol–water partition coefficient (Wildman–Crippen LogP) is 4.66. The van der Waals surface area contributed by atoms with Gasteiger partial charge in [0.25, 0.3) is 0 Å². The van der Waals surface area contributed by atoms with Crippen LogP contribution in [-0.2, 0) is 0 Å². The molecule has 110 valence electrons. The highest BCUT2D eigenvalue weighted by Gasteiger charge is 2.32. The summed E-state index contributed by atoms with van der Waals surface area (Å²) in [4.78, 5) is 4.70. The van der Waals surface area contributed by atoms with Gasteiger partial charge in [-0.25, -0.2) is 4.98 Å². The lowest BCUT2D eigenvalue weighted by molar-refractivity contribution is 0.520. The molecule has 3 atom stereocenters. The average Bonchev–Trinajstić information content (AvgIpc) is 3.09. The number of halogens is 1. The third-order valence-corrected chi connectivity index (χ3v) is 5.63. The second-order valence-corrected chi connectivity index (χ2v) is 7.25. The van der Waals surface area contributed by atoms with Crippen LogP contribution in [0.25, 0.3) is 11.0 Å². The largest absolute Gasteiger partial charge is 0.322 e. The standard InChI is InChI=1S/C16H18ClN3S/c1-10(17)16-19-15-11(9-18)5-3-7-13(15)20(16)12-6-4-8-14(12)21-2/h3,5,7,10,12,14H,4,6,8H2,1-2H3. The molecule has 2 aromatic rings. The molecule has 1 aliphatic carbocycles. The van der Waals surface area contributed by atoms with Gasteiger partial charge in [0.1, 0.15) is 17.4 Å². The minimum absolute atomic E-state index is 0.160. The summed E-state index contributed by atoms with van der Waals surface area (Å²) in [6.07, 6.45) is 5.81. The van der Waals surface area contributed by atoms with Gasteiger partial charge in [-0.15, -0.1) is 11.6 Å². The van der Waals surface area contributed by atoms with Crippen molar-refractivity contribution in [3.05, 3.63) is 29.6 Å². The lowest BCUT2D eigenvalue weighted by atomic mass is 10.2. The molecule has 5 heteroatoms. The molecular formula is C16H18ClN3S. The number of rotatable bonds is 3. The molecule has 0 radical (unpaired) electrons. The highest BCUT2D eigenvalue weighted by Crippen LogP contribution is 2.41. The maximum atomic E-state index is 9.30. The van der Waals surface area contributed by atoms with Crippen molar-refractivity contribution in [3.8, 4) is 6.07 Å². The van der Waals surface area contributed by atoms with Crippen molar-refractivity contribution in [2.45, 2.75) is 42.9 Å². The third-order valence-electron chi connectivity index (χ3n) is 4.28. The number of hydrogen-bond acceptors (Lipinski definition) is 3. The van der Waals surface area contributed by atoms with Crippen LogP contribution in [0.4, 0.5) is 0 Å². The van der Waals surface area contributed by atoms with Crippen LogP contribution in [0.1, 0.15) is 49.0 Å². The van der Waals surface area contributed by atoms with Crippen LogP contribution in [0.15, 0.2) is 18.2 Å². The number of aromatic nitrogens is 2. The van der Waals surface area contributed by atoms with Crippen molar-refractivity contribution in [2.24, 2.45) is 0 Å². The minimum Gasteiger partial charge on any atom is -0.322 e. The summed E-state index contributed by atoms with van der Waals surface area (Å²) in [6.45, 7) is 1.95. The minimum atomic E-state index is -0.160. The predicted molar refractivity (Wildman–Crippen MR) is 88.9 cm³/mol. The molecule has 1 saturated carbocycles. The molecule has 3 rings (SSSR count). The van der Waals surface area contributed by atoms with Gasteiger partial charge in [0, 0.05) is 11.3 Å². The van der Waals surface area contributed by atoms with Crippen molar-refractivity contribution in [2.75, 3.05) is 6.26 Å². The molecule has 0 bridgehead atoms. The van der Waals surface area contributed by atoms with Crippen molar-refractivity contribution in [3.63, 3.8) is 0 Å². The monoisotopic (exact) mass is 319 g/mol. The summed E-state index contributed by atoms with van der Waals surface area (Å²) in [6, 6.07) is 8.48. The normalized spacial score (nSPS) is 23.3. The Labute approximate surface area is 134 Å². The summed E-state index contributed by atoms with van der Waals surface area (Å²) in [5, 5.41) is 9.74. The van der Waals surface area contributed by atoms with Crippen LogP contribution in [0.2, 0.25) is 0 Å². The molecule has 0 amide bonds. The number of nitrogens with zero attached hydrogens (tertiary/aromatic N) is 3. The van der Waals surface area contributed by atoms with E-state index in [4.69, 9.17) is 16.6 Å². The summed E-state index contributed by atoms with van der Waals surface area (Å²) in [5.74, 6) is 0.889. The molecule has 1 fully saturated rings. The SMILES string of the molecule is CSC1CCCC1n1c(C(C)Cl)nc2c(C#N)cccc21. The maximum Gasteiger partial charge on any atom is 0.128 e. The van der Waals surface area contributed by atoms with Crippen molar-refractivity contribution < 1.29 is 0 Å². The molecule has 0 N–H and O–H groups in total. The summed E-state index contributed by atoms with van der Waals surface area (Å²) < 4.78 is 2.29. The highest BCUT2D eigenvalue weighted by atomic mass is 35.5. The number of para-hydroxylation sites is 1. The Morgan fingerprint density at radius 2 is 2.29 bits per heavy atom. The second-order valence-electron chi connectivity index (χ2n) is 5.51. The fraction of sp³-hybridized carbons (Fsp3) is 0.500. The first-order valence-corrected chi connectivity index (χ1v) is 8.97. The third kappa shape index (κ3) is 2.43. The van der Waals surface area contributed by atoms with Gasteiger partial charge in [0.2, 0.25) is 0 Å². The Morgan fingerprint density at radius 3 is 2.95 bits per heavy atom. The number of nitriles is 1. The number of imidazole rings is 1. The van der Waals surface area contributed by atoms with E-state index in [0.717, 1.165) is 23.3 Å². The van der Waals surface area contributed by atoms with E-state index in [2.05, 4.69) is 23.0 Å².